The highest BCUT2D eigenvalue weighted by molar-refractivity contribution is 6.33. The molecule has 1 aromatic rings. The minimum absolute atomic E-state index is 0.00125. The summed E-state index contributed by atoms with van der Waals surface area (Å²) in [6.45, 7) is -0.126. The van der Waals surface area contributed by atoms with Gasteiger partial charge in [0.15, 0.2) is 0 Å². The van der Waals surface area contributed by atoms with Crippen LogP contribution in [0, 0.1) is 0 Å². The van der Waals surface area contributed by atoms with Gasteiger partial charge in [-0.3, -0.25) is 4.79 Å². The Kier molecular flexibility index (Phi) is 5.33. The fourth-order valence-electron chi connectivity index (χ4n) is 1.33. The summed E-state index contributed by atoms with van der Waals surface area (Å²) in [5, 5.41) is 13.9. The third-order valence-electron chi connectivity index (χ3n) is 2.46. The molecule has 0 spiro atoms. The highest BCUT2D eigenvalue weighted by atomic mass is 35.5. The lowest BCUT2D eigenvalue weighted by Crippen LogP contribution is -2.39. The maximum atomic E-state index is 11.8. The van der Waals surface area contributed by atoms with Gasteiger partial charge in [0.1, 0.15) is 6.54 Å². The number of hydrogen-bond donors (Lipinski definition) is 3. The topological polar surface area (TPSA) is 98.7 Å². The molecule has 3 N–H and O–H groups in total. The van der Waals surface area contributed by atoms with E-state index in [1.807, 2.05) is 0 Å². The summed E-state index contributed by atoms with van der Waals surface area (Å²) in [6.07, 6.45) is 0. The number of urea groups is 1. The zero-order valence-corrected chi connectivity index (χ0v) is 11.7. The van der Waals surface area contributed by atoms with Crippen molar-refractivity contribution in [3.63, 3.8) is 0 Å². The lowest BCUT2D eigenvalue weighted by Gasteiger charge is -2.17. The van der Waals surface area contributed by atoms with Gasteiger partial charge in [0.25, 0.3) is 0 Å². The molecule has 0 saturated heterocycles. The molecule has 0 fully saturated rings. The van der Waals surface area contributed by atoms with Crippen molar-refractivity contribution in [3.8, 4) is 0 Å². The standard InChI is InChI=1S/C12H14ClN3O4/c1-14-10(17)6-16(2)12(20)15-9-5-7(11(18)19)3-4-8(9)13/h3-5H,6H2,1-2H3,(H,14,17)(H,15,20)(H,18,19). The second-order valence-electron chi connectivity index (χ2n) is 3.96. The molecule has 3 amide bonds. The Balaban J connectivity index is 2.82. The summed E-state index contributed by atoms with van der Waals surface area (Å²) < 4.78 is 0. The fourth-order valence-corrected chi connectivity index (χ4v) is 1.50. The van der Waals surface area contributed by atoms with E-state index in [4.69, 9.17) is 16.7 Å². The number of likely N-dealkylation sites (N-methyl/N-ethyl adjacent to an activating group) is 2. The van der Waals surface area contributed by atoms with Gasteiger partial charge in [-0.15, -0.1) is 0 Å². The minimum Gasteiger partial charge on any atom is -0.478 e. The molecule has 1 rings (SSSR count). The van der Waals surface area contributed by atoms with Crippen molar-refractivity contribution in [2.75, 3.05) is 26.0 Å². The van der Waals surface area contributed by atoms with E-state index < -0.39 is 12.0 Å². The predicted molar refractivity (Wildman–Crippen MR) is 74.1 cm³/mol. The molecule has 8 heteroatoms. The Hall–Kier alpha value is -2.28. The molecule has 0 radical (unpaired) electrons. The van der Waals surface area contributed by atoms with Crippen LogP contribution in [0.4, 0.5) is 10.5 Å². The van der Waals surface area contributed by atoms with Gasteiger partial charge in [-0.05, 0) is 18.2 Å². The first kappa shape index (κ1) is 15.8. The van der Waals surface area contributed by atoms with Gasteiger partial charge < -0.3 is 20.6 Å². The Morgan fingerprint density at radius 1 is 1.35 bits per heavy atom. The van der Waals surface area contributed by atoms with Crippen molar-refractivity contribution in [1.82, 2.24) is 10.2 Å². The molecule has 7 nitrogen and oxygen atoms in total. The number of nitrogens with zero attached hydrogens (tertiary/aromatic N) is 1. The third kappa shape index (κ3) is 4.13. The second kappa shape index (κ2) is 6.76. The molecular weight excluding hydrogens is 286 g/mol. The van der Waals surface area contributed by atoms with Crippen LogP contribution in [0.1, 0.15) is 10.4 Å². The van der Waals surface area contributed by atoms with Gasteiger partial charge in [-0.2, -0.15) is 0 Å². The smallest absolute Gasteiger partial charge is 0.335 e. The number of benzene rings is 1. The van der Waals surface area contributed by atoms with Crippen LogP contribution in [0.2, 0.25) is 5.02 Å². The van der Waals surface area contributed by atoms with Crippen LogP contribution in [0.25, 0.3) is 0 Å². The summed E-state index contributed by atoms with van der Waals surface area (Å²) in [5.41, 5.74) is 0.166. The molecule has 0 aliphatic heterocycles. The highest BCUT2D eigenvalue weighted by Crippen LogP contribution is 2.23. The molecule has 20 heavy (non-hydrogen) atoms. The van der Waals surface area contributed by atoms with E-state index in [1.165, 1.54) is 32.3 Å². The zero-order valence-electron chi connectivity index (χ0n) is 10.9. The Morgan fingerprint density at radius 3 is 2.55 bits per heavy atom. The maximum absolute atomic E-state index is 11.8. The fraction of sp³-hybridized carbons (Fsp3) is 0.250. The quantitative estimate of drug-likeness (QED) is 0.779. The molecule has 0 aliphatic carbocycles. The summed E-state index contributed by atoms with van der Waals surface area (Å²) in [5.74, 6) is -1.45. The molecule has 0 heterocycles. The molecular formula is C12H14ClN3O4. The summed E-state index contributed by atoms with van der Waals surface area (Å²) >= 11 is 5.88. The van der Waals surface area contributed by atoms with Gasteiger partial charge in [-0.1, -0.05) is 11.6 Å². The number of carboxylic acid groups (broad SMARTS) is 1. The van der Waals surface area contributed by atoms with Crippen LogP contribution < -0.4 is 10.6 Å². The first-order valence-electron chi connectivity index (χ1n) is 5.60. The normalized spacial score (nSPS) is 9.75. The van der Waals surface area contributed by atoms with Gasteiger partial charge in [0.2, 0.25) is 5.91 Å². The molecule has 0 aliphatic rings. The molecule has 0 bridgehead atoms. The van der Waals surface area contributed by atoms with E-state index in [1.54, 1.807) is 0 Å². The number of carbonyl (C=O) groups excluding carboxylic acids is 2. The first-order valence-corrected chi connectivity index (χ1v) is 5.98. The lowest BCUT2D eigenvalue weighted by atomic mass is 10.2. The van der Waals surface area contributed by atoms with E-state index in [-0.39, 0.29) is 28.7 Å². The van der Waals surface area contributed by atoms with Crippen molar-refractivity contribution >= 4 is 35.2 Å². The second-order valence-corrected chi connectivity index (χ2v) is 4.37. The Labute approximate surface area is 120 Å². The summed E-state index contributed by atoms with van der Waals surface area (Å²) in [7, 11) is 2.89. The summed E-state index contributed by atoms with van der Waals surface area (Å²) in [6, 6.07) is 3.38. The highest BCUT2D eigenvalue weighted by Gasteiger charge is 2.14. The maximum Gasteiger partial charge on any atom is 0.335 e. The van der Waals surface area contributed by atoms with Crippen LogP contribution in [0.3, 0.4) is 0 Å². The molecule has 0 aromatic heterocycles. The lowest BCUT2D eigenvalue weighted by molar-refractivity contribution is -0.120. The number of anilines is 1. The minimum atomic E-state index is -1.13. The number of rotatable bonds is 4. The first-order chi connectivity index (χ1) is 9.35. The van der Waals surface area contributed by atoms with Crippen LogP contribution in [0.15, 0.2) is 18.2 Å². The molecule has 0 saturated carbocycles. The number of carboxylic acids is 1. The van der Waals surface area contributed by atoms with E-state index in [9.17, 15) is 14.4 Å². The molecule has 0 unspecified atom stereocenters. The largest absolute Gasteiger partial charge is 0.478 e. The van der Waals surface area contributed by atoms with Crippen molar-refractivity contribution < 1.29 is 19.5 Å². The Morgan fingerprint density at radius 2 is 2.00 bits per heavy atom. The van der Waals surface area contributed by atoms with Crippen LogP contribution in [-0.4, -0.2) is 48.6 Å². The monoisotopic (exact) mass is 299 g/mol. The van der Waals surface area contributed by atoms with Crippen molar-refractivity contribution in [2.45, 2.75) is 0 Å². The van der Waals surface area contributed by atoms with E-state index in [0.29, 0.717) is 0 Å². The van der Waals surface area contributed by atoms with E-state index >= 15 is 0 Å². The van der Waals surface area contributed by atoms with Crippen molar-refractivity contribution in [3.05, 3.63) is 28.8 Å². The van der Waals surface area contributed by atoms with E-state index in [0.717, 1.165) is 4.90 Å². The van der Waals surface area contributed by atoms with Crippen LogP contribution in [-0.2, 0) is 4.79 Å². The van der Waals surface area contributed by atoms with Crippen molar-refractivity contribution in [1.29, 1.82) is 0 Å². The van der Waals surface area contributed by atoms with Crippen LogP contribution in [0.5, 0.6) is 0 Å². The number of hydrogen-bond acceptors (Lipinski definition) is 3. The number of nitrogens with one attached hydrogen (secondary N) is 2. The molecule has 1 aromatic carbocycles. The van der Waals surface area contributed by atoms with E-state index in [2.05, 4.69) is 10.6 Å². The van der Waals surface area contributed by atoms with Gasteiger partial charge in [0.05, 0.1) is 16.3 Å². The van der Waals surface area contributed by atoms with Crippen molar-refractivity contribution in [2.24, 2.45) is 0 Å². The van der Waals surface area contributed by atoms with Gasteiger partial charge in [0, 0.05) is 14.1 Å². The van der Waals surface area contributed by atoms with Gasteiger partial charge >= 0.3 is 12.0 Å². The number of carbonyl (C=O) groups is 3. The average Bonchev–Trinajstić information content (AvgIpc) is 2.40. The zero-order chi connectivity index (χ0) is 15.3. The summed E-state index contributed by atoms with van der Waals surface area (Å²) in [4.78, 5) is 35.0. The Bertz CT molecular complexity index is 548. The average molecular weight is 300 g/mol. The third-order valence-corrected chi connectivity index (χ3v) is 2.79. The SMILES string of the molecule is CNC(=O)CN(C)C(=O)Nc1cc(C(=O)O)ccc1Cl. The molecule has 108 valence electrons. The molecule has 0 atom stereocenters. The predicted octanol–water partition coefficient (Wildman–Crippen LogP) is 1.25. The number of halogens is 1. The van der Waals surface area contributed by atoms with Gasteiger partial charge in [-0.25, -0.2) is 9.59 Å². The van der Waals surface area contributed by atoms with Crippen LogP contribution >= 0.6 is 11.6 Å². The number of aromatic carboxylic acids is 1. The number of amides is 3.